The van der Waals surface area contributed by atoms with Gasteiger partial charge in [0.05, 0.1) is 22.3 Å². The molecule has 0 bridgehead atoms. The number of nitrogens with one attached hydrogen (secondary N) is 2. The van der Waals surface area contributed by atoms with E-state index < -0.39 is 10.3 Å². The number of hydrogen-bond donors (Lipinski definition) is 3. The molecule has 0 saturated carbocycles. The predicted octanol–water partition coefficient (Wildman–Crippen LogP) is 5.77. The smallest absolute Gasteiger partial charge is 0.347 e. The number of aryl methyl sites for hydroxylation is 1. The molecule has 3 N–H and O–H groups in total. The Balaban J connectivity index is 1.49. The number of amides is 1. The van der Waals surface area contributed by atoms with E-state index in [1.807, 2.05) is 45.8 Å². The van der Waals surface area contributed by atoms with Crippen molar-refractivity contribution in [1.29, 1.82) is 0 Å². The molecule has 0 radical (unpaired) electrons. The van der Waals surface area contributed by atoms with Crippen LogP contribution in [0.15, 0.2) is 71.4 Å². The average molecular weight is 548 g/mol. The Morgan fingerprint density at radius 1 is 1.06 bits per heavy atom. The molecule has 0 fully saturated rings. The van der Waals surface area contributed by atoms with Gasteiger partial charge in [-0.2, -0.15) is 8.42 Å². The molecule has 182 valence electrons. The van der Waals surface area contributed by atoms with Gasteiger partial charge < -0.3 is 5.32 Å². The topological polar surface area (TPSA) is 108 Å². The molecule has 7 nitrogen and oxygen atoms in total. The lowest BCUT2D eigenvalue weighted by Gasteiger charge is -2.18. The minimum Gasteiger partial charge on any atom is -0.347 e. The van der Waals surface area contributed by atoms with E-state index in [0.29, 0.717) is 24.3 Å². The molecule has 0 spiro atoms. The Morgan fingerprint density at radius 2 is 1.86 bits per heavy atom. The van der Waals surface area contributed by atoms with Gasteiger partial charge in [-0.3, -0.25) is 14.1 Å². The maximum absolute atomic E-state index is 12.9. The van der Waals surface area contributed by atoms with Gasteiger partial charge in [-0.15, -0.1) is 22.7 Å². The Hall–Kier alpha value is -2.76. The molecule has 2 aromatic heterocycles. The Morgan fingerprint density at radius 3 is 2.54 bits per heavy atom. The van der Waals surface area contributed by atoms with Crippen LogP contribution in [0.3, 0.4) is 0 Å². The summed E-state index contributed by atoms with van der Waals surface area (Å²) in [6, 6.07) is 17.6. The Bertz CT molecular complexity index is 1390. The zero-order valence-corrected chi connectivity index (χ0v) is 21.6. The van der Waals surface area contributed by atoms with Crippen LogP contribution in [0.4, 0.5) is 5.69 Å². The second kappa shape index (κ2) is 11.3. The molecule has 0 aliphatic carbocycles. The number of rotatable bonds is 10. The summed E-state index contributed by atoms with van der Waals surface area (Å²) in [7, 11) is -4.35. The van der Waals surface area contributed by atoms with Crippen molar-refractivity contribution in [2.45, 2.75) is 25.3 Å². The van der Waals surface area contributed by atoms with Crippen LogP contribution in [0.25, 0.3) is 9.88 Å². The molecule has 2 heterocycles. The standard InChI is InChI=1S/C24H22ClN3O4S3/c25-18-4-1-3-16(13-18)8-11-23(29)26-20(21-15-34-24(27-21)22-5-2-12-33-22)14-17-6-9-19(10-7-17)28-35(30,31)32/h1-7,9-10,12-13,15,20,28H,8,11,14H2,(H,26,29)(H,30,31,32)/t20-/m0/s1. The fourth-order valence-corrected chi connectivity index (χ4v) is 5.83. The fraction of sp³-hybridized carbons (Fsp3) is 0.167. The number of thiazole rings is 1. The number of benzene rings is 2. The molecule has 11 heteroatoms. The van der Waals surface area contributed by atoms with E-state index in [1.54, 1.807) is 41.7 Å². The number of anilines is 1. The van der Waals surface area contributed by atoms with Gasteiger partial charge in [0, 0.05) is 16.8 Å². The molecular formula is C24H22ClN3O4S3. The number of aromatic nitrogens is 1. The first-order chi connectivity index (χ1) is 16.7. The molecule has 4 aromatic rings. The second-order valence-electron chi connectivity index (χ2n) is 7.78. The van der Waals surface area contributed by atoms with Gasteiger partial charge in [0.2, 0.25) is 5.91 Å². The summed E-state index contributed by atoms with van der Waals surface area (Å²) >= 11 is 9.18. The number of thiophene rings is 1. The van der Waals surface area contributed by atoms with Crippen molar-refractivity contribution < 1.29 is 17.8 Å². The Labute approximate surface area is 216 Å². The van der Waals surface area contributed by atoms with Crippen LogP contribution in [0.2, 0.25) is 5.02 Å². The third-order valence-electron chi connectivity index (χ3n) is 5.12. The number of hydrogen-bond acceptors (Lipinski definition) is 6. The highest BCUT2D eigenvalue weighted by molar-refractivity contribution is 7.87. The third-order valence-corrected chi connectivity index (χ3v) is 7.74. The van der Waals surface area contributed by atoms with Gasteiger partial charge in [0.25, 0.3) is 0 Å². The van der Waals surface area contributed by atoms with Gasteiger partial charge in [0.15, 0.2) is 0 Å². The molecule has 0 unspecified atom stereocenters. The molecule has 1 amide bonds. The SMILES string of the molecule is O=C(CCc1cccc(Cl)c1)N[C@@H](Cc1ccc(NS(=O)(=O)O)cc1)c1csc(-c2cccs2)n1. The predicted molar refractivity (Wildman–Crippen MR) is 141 cm³/mol. The zero-order chi connectivity index (χ0) is 24.8. The summed E-state index contributed by atoms with van der Waals surface area (Å²) < 4.78 is 33.1. The monoisotopic (exact) mass is 547 g/mol. The van der Waals surface area contributed by atoms with Crippen molar-refractivity contribution in [3.8, 4) is 9.88 Å². The van der Waals surface area contributed by atoms with E-state index in [9.17, 15) is 13.2 Å². The fourth-order valence-electron chi connectivity index (χ4n) is 3.50. The largest absolute Gasteiger partial charge is 0.357 e. The summed E-state index contributed by atoms with van der Waals surface area (Å²) in [5.41, 5.74) is 2.86. The first-order valence-corrected chi connectivity index (χ1v) is 14.2. The van der Waals surface area contributed by atoms with Crippen molar-refractivity contribution >= 4 is 56.2 Å². The van der Waals surface area contributed by atoms with E-state index >= 15 is 0 Å². The van der Waals surface area contributed by atoms with E-state index in [-0.39, 0.29) is 17.6 Å². The van der Waals surface area contributed by atoms with Crippen molar-refractivity contribution in [2.75, 3.05) is 4.72 Å². The van der Waals surface area contributed by atoms with Gasteiger partial charge in [0.1, 0.15) is 5.01 Å². The van der Waals surface area contributed by atoms with Crippen LogP contribution >= 0.6 is 34.3 Å². The third kappa shape index (κ3) is 7.61. The number of carbonyl (C=O) groups excluding carboxylic acids is 1. The molecule has 1 atom stereocenters. The minimum atomic E-state index is -4.35. The Kier molecular flexibility index (Phi) is 8.19. The molecule has 35 heavy (non-hydrogen) atoms. The van der Waals surface area contributed by atoms with Gasteiger partial charge in [-0.1, -0.05) is 41.9 Å². The average Bonchev–Trinajstić information content (AvgIpc) is 3.50. The number of nitrogens with zero attached hydrogens (tertiary/aromatic N) is 1. The van der Waals surface area contributed by atoms with Crippen molar-refractivity contribution in [3.63, 3.8) is 0 Å². The molecule has 0 aliphatic heterocycles. The minimum absolute atomic E-state index is 0.106. The van der Waals surface area contributed by atoms with Crippen molar-refractivity contribution in [2.24, 2.45) is 0 Å². The van der Waals surface area contributed by atoms with Gasteiger partial charge >= 0.3 is 10.3 Å². The van der Waals surface area contributed by atoms with Crippen LogP contribution in [0.5, 0.6) is 0 Å². The van der Waals surface area contributed by atoms with E-state index in [1.165, 1.54) is 11.3 Å². The molecule has 2 aromatic carbocycles. The first-order valence-electron chi connectivity index (χ1n) is 10.6. The van der Waals surface area contributed by atoms with Crippen LogP contribution in [-0.2, 0) is 27.9 Å². The summed E-state index contributed by atoms with van der Waals surface area (Å²) in [5.74, 6) is -0.106. The van der Waals surface area contributed by atoms with Gasteiger partial charge in [-0.25, -0.2) is 4.98 Å². The highest BCUT2D eigenvalue weighted by atomic mass is 35.5. The van der Waals surface area contributed by atoms with E-state index in [0.717, 1.165) is 26.7 Å². The lowest BCUT2D eigenvalue weighted by molar-refractivity contribution is -0.121. The number of carbonyl (C=O) groups is 1. The lowest BCUT2D eigenvalue weighted by atomic mass is 10.0. The first kappa shape index (κ1) is 25.3. The highest BCUT2D eigenvalue weighted by Gasteiger charge is 2.19. The zero-order valence-electron chi connectivity index (χ0n) is 18.3. The molecule has 4 rings (SSSR count). The summed E-state index contributed by atoms with van der Waals surface area (Å²) in [5, 5.41) is 8.57. The summed E-state index contributed by atoms with van der Waals surface area (Å²) in [4.78, 5) is 18.7. The summed E-state index contributed by atoms with van der Waals surface area (Å²) in [6.45, 7) is 0. The van der Waals surface area contributed by atoms with Gasteiger partial charge in [-0.05, 0) is 59.7 Å². The normalized spacial score (nSPS) is 12.3. The van der Waals surface area contributed by atoms with Crippen LogP contribution in [0, 0.1) is 0 Å². The van der Waals surface area contributed by atoms with Crippen LogP contribution < -0.4 is 10.0 Å². The molecule has 0 saturated heterocycles. The molecule has 0 aliphatic rings. The highest BCUT2D eigenvalue weighted by Crippen LogP contribution is 2.31. The van der Waals surface area contributed by atoms with E-state index in [2.05, 4.69) is 5.32 Å². The summed E-state index contributed by atoms with van der Waals surface area (Å²) in [6.07, 6.45) is 1.32. The van der Waals surface area contributed by atoms with Crippen LogP contribution in [0.1, 0.15) is 29.3 Å². The maximum atomic E-state index is 12.9. The van der Waals surface area contributed by atoms with Crippen molar-refractivity contribution in [3.05, 3.63) is 93.3 Å². The van der Waals surface area contributed by atoms with Crippen molar-refractivity contribution in [1.82, 2.24) is 10.3 Å². The quantitative estimate of drug-likeness (QED) is 0.218. The second-order valence-corrected chi connectivity index (χ2v) is 11.2. The maximum Gasteiger partial charge on any atom is 0.357 e. The van der Waals surface area contributed by atoms with E-state index in [4.69, 9.17) is 21.1 Å². The number of halogens is 1. The molecular weight excluding hydrogens is 526 g/mol. The van der Waals surface area contributed by atoms with Crippen LogP contribution in [-0.4, -0.2) is 23.9 Å². The lowest BCUT2D eigenvalue weighted by Crippen LogP contribution is -2.30.